The second kappa shape index (κ2) is 9.15. The van der Waals surface area contributed by atoms with Crippen molar-refractivity contribution in [2.45, 2.75) is 57.9 Å². The average Bonchev–Trinajstić information content (AvgIpc) is 2.99. The molecule has 27 heavy (non-hydrogen) atoms. The second-order valence-electron chi connectivity index (χ2n) is 6.35. The van der Waals surface area contributed by atoms with Crippen molar-refractivity contribution in [1.29, 1.82) is 0 Å². The largest absolute Gasteiger partial charge is 0.463 e. The topological polar surface area (TPSA) is 156 Å². The molecule has 1 unspecified atom stereocenters. The molecule has 0 bridgehead atoms. The van der Waals surface area contributed by atoms with Crippen LogP contribution < -0.4 is 11.2 Å². The Balaban J connectivity index is 2.02. The minimum atomic E-state index is -0.759. The highest BCUT2D eigenvalue weighted by Crippen LogP contribution is 2.30. The molecule has 1 aliphatic rings. The van der Waals surface area contributed by atoms with Gasteiger partial charge in [-0.05, 0) is 25.8 Å². The molecule has 1 aromatic rings. The summed E-state index contributed by atoms with van der Waals surface area (Å²) in [5.74, 6) is -0.491. The van der Waals surface area contributed by atoms with Crippen LogP contribution in [0.4, 0.5) is 0 Å². The third-order valence-electron chi connectivity index (χ3n) is 4.18. The van der Waals surface area contributed by atoms with Crippen LogP contribution in [0.5, 0.6) is 0 Å². The van der Waals surface area contributed by atoms with Crippen LogP contribution in [0.1, 0.15) is 44.4 Å². The highest BCUT2D eigenvalue weighted by Gasteiger charge is 2.37. The first kappa shape index (κ1) is 20.4. The monoisotopic (exact) mass is 379 g/mol. The first-order valence-electron chi connectivity index (χ1n) is 8.48. The molecular weight excluding hydrogens is 358 g/mol. The fourth-order valence-electron chi connectivity index (χ4n) is 2.75. The second-order valence-corrected chi connectivity index (χ2v) is 6.35. The van der Waals surface area contributed by atoms with Gasteiger partial charge in [-0.2, -0.15) is 0 Å². The molecule has 1 saturated heterocycles. The molecule has 0 amide bonds. The number of aromatic nitrogens is 2. The molecule has 2 heterocycles. The Hall–Kier alpha value is -2.91. The number of aromatic amines is 1. The minimum Gasteiger partial charge on any atom is -0.463 e. The molecule has 1 N–H and O–H groups in total. The number of Topliss-reactive ketones (excluding diaryl/α,β-unsaturated/α-hetero) is 1. The van der Waals surface area contributed by atoms with Crippen LogP contribution in [-0.2, 0) is 19.1 Å². The molecule has 1 fully saturated rings. The summed E-state index contributed by atoms with van der Waals surface area (Å²) < 4.78 is 12.1. The lowest BCUT2D eigenvalue weighted by molar-refractivity contribution is -0.148. The first-order chi connectivity index (χ1) is 12.8. The van der Waals surface area contributed by atoms with E-state index in [-0.39, 0.29) is 25.2 Å². The molecule has 11 nitrogen and oxygen atoms in total. The van der Waals surface area contributed by atoms with Gasteiger partial charge in [0.15, 0.2) is 0 Å². The van der Waals surface area contributed by atoms with Crippen molar-refractivity contribution in [1.82, 2.24) is 9.55 Å². The van der Waals surface area contributed by atoms with Gasteiger partial charge in [0, 0.05) is 35.9 Å². The van der Waals surface area contributed by atoms with Crippen molar-refractivity contribution < 1.29 is 19.1 Å². The SMILES string of the molecule is CC(=O)CCCC(=O)OC[C@H]1O[C@@H](n2cc(C)c(=O)[nH]c2=O)CC1N=[N+]=[N-]. The molecule has 0 aliphatic carbocycles. The predicted molar refractivity (Wildman–Crippen MR) is 93.0 cm³/mol. The molecule has 2 rings (SSSR count). The fourth-order valence-corrected chi connectivity index (χ4v) is 2.75. The van der Waals surface area contributed by atoms with Crippen LogP contribution in [0.25, 0.3) is 10.4 Å². The summed E-state index contributed by atoms with van der Waals surface area (Å²) in [7, 11) is 0. The molecule has 146 valence electrons. The van der Waals surface area contributed by atoms with E-state index in [9.17, 15) is 19.2 Å². The van der Waals surface area contributed by atoms with Crippen LogP contribution >= 0.6 is 0 Å². The molecule has 11 heteroatoms. The summed E-state index contributed by atoms with van der Waals surface area (Å²) >= 11 is 0. The fraction of sp³-hybridized carbons (Fsp3) is 0.625. The number of carbonyl (C=O) groups is 2. The number of rotatable bonds is 8. The third-order valence-corrected chi connectivity index (χ3v) is 4.18. The van der Waals surface area contributed by atoms with Crippen molar-refractivity contribution in [2.24, 2.45) is 5.11 Å². The zero-order chi connectivity index (χ0) is 20.0. The number of aryl methyl sites for hydroxylation is 1. The normalized spacial score (nSPS) is 21.5. The van der Waals surface area contributed by atoms with Crippen LogP contribution in [0, 0.1) is 6.92 Å². The molecule has 3 atom stereocenters. The summed E-state index contributed by atoms with van der Waals surface area (Å²) in [6.07, 6.45) is 0.880. The third kappa shape index (κ3) is 5.53. The van der Waals surface area contributed by atoms with E-state index in [4.69, 9.17) is 15.0 Å². The summed E-state index contributed by atoms with van der Waals surface area (Å²) in [4.78, 5) is 51.1. The van der Waals surface area contributed by atoms with E-state index in [2.05, 4.69) is 15.0 Å². The average molecular weight is 379 g/mol. The Bertz CT molecular complexity index is 869. The quantitative estimate of drug-likeness (QED) is 0.308. The van der Waals surface area contributed by atoms with E-state index in [0.717, 1.165) is 0 Å². The lowest BCUT2D eigenvalue weighted by Gasteiger charge is -2.16. The summed E-state index contributed by atoms with van der Waals surface area (Å²) in [6, 6.07) is -0.635. The van der Waals surface area contributed by atoms with Crippen LogP contribution in [-0.4, -0.2) is 40.1 Å². The van der Waals surface area contributed by atoms with Gasteiger partial charge in [0.25, 0.3) is 5.56 Å². The number of ketones is 1. The van der Waals surface area contributed by atoms with E-state index in [1.54, 1.807) is 6.92 Å². The summed E-state index contributed by atoms with van der Waals surface area (Å²) in [5, 5.41) is 3.65. The Morgan fingerprint density at radius 3 is 2.85 bits per heavy atom. The Morgan fingerprint density at radius 2 is 2.19 bits per heavy atom. The zero-order valence-corrected chi connectivity index (χ0v) is 15.1. The number of hydrogen-bond acceptors (Lipinski definition) is 7. The number of esters is 1. The Kier molecular flexibility index (Phi) is 6.91. The van der Waals surface area contributed by atoms with Crippen LogP contribution in [0.2, 0.25) is 0 Å². The van der Waals surface area contributed by atoms with Crippen molar-refractivity contribution in [3.63, 3.8) is 0 Å². The molecule has 0 radical (unpaired) electrons. The smallest absolute Gasteiger partial charge is 0.330 e. The Labute approximate surface area is 153 Å². The van der Waals surface area contributed by atoms with Gasteiger partial charge < -0.3 is 14.3 Å². The first-order valence-corrected chi connectivity index (χ1v) is 8.48. The van der Waals surface area contributed by atoms with Gasteiger partial charge in [-0.25, -0.2) is 4.79 Å². The molecule has 0 aromatic carbocycles. The van der Waals surface area contributed by atoms with E-state index in [1.807, 2.05) is 0 Å². The van der Waals surface area contributed by atoms with Crippen molar-refractivity contribution >= 4 is 11.8 Å². The number of azide groups is 1. The van der Waals surface area contributed by atoms with Crippen molar-refractivity contribution in [3.05, 3.63) is 43.0 Å². The molecule has 1 aromatic heterocycles. The van der Waals surface area contributed by atoms with Gasteiger partial charge in [0.1, 0.15) is 24.7 Å². The van der Waals surface area contributed by atoms with Gasteiger partial charge in [0.05, 0.1) is 6.04 Å². The van der Waals surface area contributed by atoms with Gasteiger partial charge in [-0.15, -0.1) is 0 Å². The number of nitrogens with zero attached hydrogens (tertiary/aromatic N) is 4. The molecule has 0 saturated carbocycles. The predicted octanol–water partition coefficient (Wildman–Crippen LogP) is 1.11. The molecular formula is C16H21N5O6. The number of H-pyrrole nitrogens is 1. The number of ether oxygens (including phenoxy) is 2. The summed E-state index contributed by atoms with van der Waals surface area (Å²) in [6.45, 7) is 2.86. The van der Waals surface area contributed by atoms with E-state index >= 15 is 0 Å². The van der Waals surface area contributed by atoms with E-state index < -0.39 is 35.6 Å². The number of hydrogen-bond donors (Lipinski definition) is 1. The highest BCUT2D eigenvalue weighted by atomic mass is 16.6. The molecule has 1 aliphatic heterocycles. The molecule has 0 spiro atoms. The minimum absolute atomic E-state index is 0.00479. The van der Waals surface area contributed by atoms with Crippen molar-refractivity contribution in [3.8, 4) is 0 Å². The maximum absolute atomic E-state index is 12.0. The maximum atomic E-state index is 12.0. The Morgan fingerprint density at radius 1 is 1.44 bits per heavy atom. The lowest BCUT2D eigenvalue weighted by atomic mass is 10.1. The standard InChI is InChI=1S/C16H21N5O6/c1-9-7-21(16(25)18-15(9)24)13-6-11(19-20-17)12(27-13)8-26-14(23)5-3-4-10(2)22/h7,11-13H,3-6,8H2,1-2H3,(H,18,24,25)/t11?,12-,13-/m1/s1. The zero-order valence-electron chi connectivity index (χ0n) is 15.1. The van der Waals surface area contributed by atoms with Gasteiger partial charge in [-0.3, -0.25) is 19.1 Å². The number of carbonyl (C=O) groups excluding carboxylic acids is 2. The van der Waals surface area contributed by atoms with Crippen molar-refractivity contribution in [2.75, 3.05) is 6.61 Å². The lowest BCUT2D eigenvalue weighted by Crippen LogP contribution is -2.33. The van der Waals surface area contributed by atoms with E-state index in [1.165, 1.54) is 17.7 Å². The number of nitrogens with one attached hydrogen (secondary N) is 1. The highest BCUT2D eigenvalue weighted by molar-refractivity contribution is 5.76. The van der Waals surface area contributed by atoms with Crippen LogP contribution in [0.3, 0.4) is 0 Å². The van der Waals surface area contributed by atoms with Gasteiger partial charge in [-0.1, -0.05) is 5.11 Å². The van der Waals surface area contributed by atoms with E-state index in [0.29, 0.717) is 18.4 Å². The van der Waals surface area contributed by atoms with Gasteiger partial charge in [0.2, 0.25) is 0 Å². The van der Waals surface area contributed by atoms with Gasteiger partial charge >= 0.3 is 11.7 Å². The van der Waals surface area contributed by atoms with Crippen LogP contribution in [0.15, 0.2) is 20.9 Å². The maximum Gasteiger partial charge on any atom is 0.330 e. The summed E-state index contributed by atoms with van der Waals surface area (Å²) in [5.41, 5.74) is 7.93.